The Labute approximate surface area is 149 Å². The zero-order valence-corrected chi connectivity index (χ0v) is 15.5. The van der Waals surface area contributed by atoms with Gasteiger partial charge in [0, 0.05) is 30.9 Å². The van der Waals surface area contributed by atoms with Crippen LogP contribution in [0.4, 0.5) is 5.95 Å². The normalized spacial score (nSPS) is 15.6. The van der Waals surface area contributed by atoms with E-state index in [9.17, 15) is 4.79 Å². The van der Waals surface area contributed by atoms with E-state index >= 15 is 0 Å². The summed E-state index contributed by atoms with van der Waals surface area (Å²) in [7, 11) is 0. The maximum Gasteiger partial charge on any atom is 0.226 e. The Balaban J connectivity index is 1.66. The number of anilines is 1. The SMILES string of the molecule is CCCCNC(=O)C1CCN(c2nc(C)c3ccc(C)cc3n2)CC1. The number of carbonyl (C=O) groups is 1. The predicted octanol–water partition coefficient (Wildman–Crippen LogP) is 3.38. The van der Waals surface area contributed by atoms with E-state index in [4.69, 9.17) is 9.97 Å². The molecule has 0 aliphatic carbocycles. The standard InChI is InChI=1S/C20H28N4O/c1-4-5-10-21-19(25)16-8-11-24(12-9-16)20-22-15(3)17-7-6-14(2)13-18(17)23-20/h6-7,13,16H,4-5,8-12H2,1-3H3,(H,21,25). The van der Waals surface area contributed by atoms with Crippen LogP contribution in [0.1, 0.15) is 43.9 Å². The number of nitrogens with one attached hydrogen (secondary N) is 1. The van der Waals surface area contributed by atoms with Crippen LogP contribution in [-0.2, 0) is 4.79 Å². The van der Waals surface area contributed by atoms with Gasteiger partial charge in [-0.2, -0.15) is 0 Å². The van der Waals surface area contributed by atoms with Gasteiger partial charge in [-0.1, -0.05) is 25.5 Å². The molecule has 25 heavy (non-hydrogen) atoms. The molecule has 134 valence electrons. The highest BCUT2D eigenvalue weighted by Gasteiger charge is 2.26. The fourth-order valence-electron chi connectivity index (χ4n) is 3.40. The van der Waals surface area contributed by atoms with Crippen LogP contribution in [0, 0.1) is 19.8 Å². The molecule has 1 amide bonds. The van der Waals surface area contributed by atoms with Crippen molar-refractivity contribution in [2.45, 2.75) is 46.5 Å². The summed E-state index contributed by atoms with van der Waals surface area (Å²) in [6, 6.07) is 6.30. The van der Waals surface area contributed by atoms with E-state index in [0.717, 1.165) is 67.9 Å². The summed E-state index contributed by atoms with van der Waals surface area (Å²) in [4.78, 5) is 23.9. The van der Waals surface area contributed by atoms with E-state index in [-0.39, 0.29) is 11.8 Å². The number of carbonyl (C=O) groups excluding carboxylic acids is 1. The molecular weight excluding hydrogens is 312 g/mol. The van der Waals surface area contributed by atoms with Gasteiger partial charge in [0.15, 0.2) is 0 Å². The zero-order chi connectivity index (χ0) is 17.8. The molecule has 0 spiro atoms. The summed E-state index contributed by atoms with van der Waals surface area (Å²) in [5, 5.41) is 4.17. The molecule has 1 fully saturated rings. The number of amides is 1. The number of hydrogen-bond donors (Lipinski definition) is 1. The van der Waals surface area contributed by atoms with E-state index in [1.807, 2.05) is 6.92 Å². The lowest BCUT2D eigenvalue weighted by atomic mass is 9.96. The number of piperidine rings is 1. The van der Waals surface area contributed by atoms with E-state index in [1.165, 1.54) is 5.56 Å². The second-order valence-electron chi connectivity index (χ2n) is 7.04. The Morgan fingerprint density at radius 1 is 1.24 bits per heavy atom. The number of fused-ring (bicyclic) bond motifs is 1. The fourth-order valence-corrected chi connectivity index (χ4v) is 3.40. The van der Waals surface area contributed by atoms with Crippen LogP contribution < -0.4 is 10.2 Å². The third kappa shape index (κ3) is 4.09. The Morgan fingerprint density at radius 3 is 2.72 bits per heavy atom. The molecule has 0 saturated carbocycles. The summed E-state index contributed by atoms with van der Waals surface area (Å²) < 4.78 is 0. The molecule has 1 saturated heterocycles. The second kappa shape index (κ2) is 7.81. The molecule has 1 N–H and O–H groups in total. The van der Waals surface area contributed by atoms with E-state index < -0.39 is 0 Å². The topological polar surface area (TPSA) is 58.1 Å². The van der Waals surface area contributed by atoms with Gasteiger partial charge < -0.3 is 10.2 Å². The summed E-state index contributed by atoms with van der Waals surface area (Å²) in [5.41, 5.74) is 3.22. The highest BCUT2D eigenvalue weighted by molar-refractivity contribution is 5.82. The van der Waals surface area contributed by atoms with Crippen LogP contribution in [0.2, 0.25) is 0 Å². The molecule has 1 aliphatic rings. The first-order valence-electron chi connectivity index (χ1n) is 9.36. The van der Waals surface area contributed by atoms with Crippen LogP contribution in [0.3, 0.4) is 0 Å². The lowest BCUT2D eigenvalue weighted by molar-refractivity contribution is -0.125. The third-order valence-corrected chi connectivity index (χ3v) is 5.01. The smallest absolute Gasteiger partial charge is 0.226 e. The van der Waals surface area contributed by atoms with Crippen molar-refractivity contribution in [1.29, 1.82) is 0 Å². The first-order valence-corrected chi connectivity index (χ1v) is 9.36. The van der Waals surface area contributed by atoms with Crippen LogP contribution >= 0.6 is 0 Å². The van der Waals surface area contributed by atoms with Gasteiger partial charge in [0.2, 0.25) is 11.9 Å². The van der Waals surface area contributed by atoms with Crippen molar-refractivity contribution in [3.63, 3.8) is 0 Å². The van der Waals surface area contributed by atoms with Crippen molar-refractivity contribution in [1.82, 2.24) is 15.3 Å². The lowest BCUT2D eigenvalue weighted by Gasteiger charge is -2.31. The number of benzene rings is 1. The Bertz CT molecular complexity index is 751. The van der Waals surface area contributed by atoms with Gasteiger partial charge in [-0.05, 0) is 44.7 Å². The lowest BCUT2D eigenvalue weighted by Crippen LogP contribution is -2.41. The van der Waals surface area contributed by atoms with Gasteiger partial charge in [-0.15, -0.1) is 0 Å². The third-order valence-electron chi connectivity index (χ3n) is 5.01. The average Bonchev–Trinajstić information content (AvgIpc) is 2.61. The number of hydrogen-bond acceptors (Lipinski definition) is 4. The largest absolute Gasteiger partial charge is 0.356 e. The number of aryl methyl sites for hydroxylation is 2. The number of nitrogens with zero attached hydrogens (tertiary/aromatic N) is 3. The Kier molecular flexibility index (Phi) is 5.51. The molecule has 5 nitrogen and oxygen atoms in total. The van der Waals surface area contributed by atoms with Crippen molar-refractivity contribution < 1.29 is 4.79 Å². The minimum absolute atomic E-state index is 0.122. The molecule has 1 aromatic heterocycles. The van der Waals surface area contributed by atoms with Gasteiger partial charge in [0.1, 0.15) is 0 Å². The van der Waals surface area contributed by atoms with Crippen molar-refractivity contribution in [3.05, 3.63) is 29.5 Å². The highest BCUT2D eigenvalue weighted by Crippen LogP contribution is 2.24. The van der Waals surface area contributed by atoms with E-state index in [2.05, 4.69) is 42.3 Å². The van der Waals surface area contributed by atoms with Crippen LogP contribution in [-0.4, -0.2) is 35.5 Å². The molecule has 5 heteroatoms. The molecule has 1 aliphatic heterocycles. The van der Waals surface area contributed by atoms with Crippen molar-refractivity contribution >= 4 is 22.8 Å². The van der Waals surface area contributed by atoms with Gasteiger partial charge in [0.05, 0.1) is 11.2 Å². The Morgan fingerprint density at radius 2 is 2.00 bits per heavy atom. The first kappa shape index (κ1) is 17.6. The highest BCUT2D eigenvalue weighted by atomic mass is 16.1. The quantitative estimate of drug-likeness (QED) is 0.848. The number of rotatable bonds is 5. The van der Waals surface area contributed by atoms with Crippen LogP contribution in [0.5, 0.6) is 0 Å². The van der Waals surface area contributed by atoms with Crippen LogP contribution in [0.25, 0.3) is 10.9 Å². The summed E-state index contributed by atoms with van der Waals surface area (Å²) >= 11 is 0. The van der Waals surface area contributed by atoms with Crippen LogP contribution in [0.15, 0.2) is 18.2 Å². The van der Waals surface area contributed by atoms with E-state index in [0.29, 0.717) is 0 Å². The van der Waals surface area contributed by atoms with Gasteiger partial charge in [-0.3, -0.25) is 4.79 Å². The second-order valence-corrected chi connectivity index (χ2v) is 7.04. The molecule has 0 atom stereocenters. The summed E-state index contributed by atoms with van der Waals surface area (Å²) in [6.07, 6.45) is 3.89. The molecule has 0 unspecified atom stereocenters. The monoisotopic (exact) mass is 340 g/mol. The summed E-state index contributed by atoms with van der Waals surface area (Å²) in [6.45, 7) is 8.72. The first-order chi connectivity index (χ1) is 12.1. The molecule has 1 aromatic carbocycles. The maximum atomic E-state index is 12.2. The zero-order valence-electron chi connectivity index (χ0n) is 15.5. The fraction of sp³-hybridized carbons (Fsp3) is 0.550. The Hall–Kier alpha value is -2.17. The number of unbranched alkanes of at least 4 members (excludes halogenated alkanes) is 1. The van der Waals surface area contributed by atoms with Crippen molar-refractivity contribution in [3.8, 4) is 0 Å². The maximum absolute atomic E-state index is 12.2. The van der Waals surface area contributed by atoms with Gasteiger partial charge in [-0.25, -0.2) is 9.97 Å². The minimum Gasteiger partial charge on any atom is -0.356 e. The average molecular weight is 340 g/mol. The predicted molar refractivity (Wildman–Crippen MR) is 102 cm³/mol. The van der Waals surface area contributed by atoms with Gasteiger partial charge >= 0.3 is 0 Å². The molecule has 0 radical (unpaired) electrons. The van der Waals surface area contributed by atoms with Gasteiger partial charge in [0.25, 0.3) is 0 Å². The molecule has 3 rings (SSSR count). The summed E-state index contributed by atoms with van der Waals surface area (Å²) in [5.74, 6) is 1.12. The molecule has 0 bridgehead atoms. The van der Waals surface area contributed by atoms with Crippen molar-refractivity contribution in [2.75, 3.05) is 24.5 Å². The molecular formula is C20H28N4O. The molecule has 2 aromatic rings. The number of aromatic nitrogens is 2. The van der Waals surface area contributed by atoms with Crippen molar-refractivity contribution in [2.24, 2.45) is 5.92 Å². The molecule has 2 heterocycles. The van der Waals surface area contributed by atoms with E-state index in [1.54, 1.807) is 0 Å². The minimum atomic E-state index is 0.122.